The number of hydrogen-bond acceptors (Lipinski definition) is 5. The number of amides is 1. The Bertz CT molecular complexity index is 501. The molecule has 1 unspecified atom stereocenters. The summed E-state index contributed by atoms with van der Waals surface area (Å²) in [7, 11) is 0. The van der Waals surface area contributed by atoms with Crippen LogP contribution >= 0.6 is 0 Å². The maximum absolute atomic E-state index is 12.5. The lowest BCUT2D eigenvalue weighted by Gasteiger charge is -2.35. The number of piperidine rings is 2. The fraction of sp³-hybridized carbons (Fsp3) is 0.706. The number of carbonyl (C=O) groups excluding carboxylic acids is 1. The van der Waals surface area contributed by atoms with Crippen LogP contribution in [0.4, 0.5) is 5.95 Å². The van der Waals surface area contributed by atoms with Gasteiger partial charge in [-0.2, -0.15) is 0 Å². The van der Waals surface area contributed by atoms with Crippen molar-refractivity contribution in [2.75, 3.05) is 37.6 Å². The molecule has 3 rings (SSSR count). The summed E-state index contributed by atoms with van der Waals surface area (Å²) in [6.45, 7) is 7.13. The van der Waals surface area contributed by atoms with Gasteiger partial charge in [0.15, 0.2) is 0 Å². The highest BCUT2D eigenvalue weighted by Crippen LogP contribution is 2.21. The molecule has 1 N–H and O–H groups in total. The molecular formula is C17H27N5O. The lowest BCUT2D eigenvalue weighted by atomic mass is 9.95. The van der Waals surface area contributed by atoms with E-state index >= 15 is 0 Å². The third-order valence-corrected chi connectivity index (χ3v) is 5.00. The molecule has 2 aliphatic heterocycles. The second kappa shape index (κ2) is 7.73. The largest absolute Gasteiger partial charge is 0.352 e. The summed E-state index contributed by atoms with van der Waals surface area (Å²) in [5.41, 5.74) is 0. The van der Waals surface area contributed by atoms with Crippen molar-refractivity contribution in [2.45, 2.75) is 38.6 Å². The first-order chi connectivity index (χ1) is 11.3. The molecule has 6 nitrogen and oxygen atoms in total. The van der Waals surface area contributed by atoms with E-state index in [1.807, 2.05) is 6.07 Å². The molecule has 0 spiro atoms. The van der Waals surface area contributed by atoms with Gasteiger partial charge in [0.1, 0.15) is 0 Å². The van der Waals surface area contributed by atoms with Crippen molar-refractivity contribution < 1.29 is 4.79 Å². The molecule has 3 heterocycles. The summed E-state index contributed by atoms with van der Waals surface area (Å²) in [5.74, 6) is 1.14. The van der Waals surface area contributed by atoms with Crippen LogP contribution in [-0.4, -0.2) is 59.5 Å². The fourth-order valence-corrected chi connectivity index (χ4v) is 3.58. The molecule has 2 saturated heterocycles. The number of rotatable bonds is 4. The van der Waals surface area contributed by atoms with Crippen LogP contribution in [-0.2, 0) is 4.79 Å². The molecule has 126 valence electrons. The van der Waals surface area contributed by atoms with Crippen LogP contribution in [0.1, 0.15) is 32.6 Å². The quantitative estimate of drug-likeness (QED) is 0.907. The lowest BCUT2D eigenvalue weighted by molar-refractivity contribution is -0.126. The van der Waals surface area contributed by atoms with E-state index in [1.165, 1.54) is 13.0 Å². The number of nitrogens with one attached hydrogen (secondary N) is 1. The van der Waals surface area contributed by atoms with E-state index in [0.29, 0.717) is 6.04 Å². The predicted molar refractivity (Wildman–Crippen MR) is 90.2 cm³/mol. The van der Waals surface area contributed by atoms with Crippen LogP contribution < -0.4 is 10.2 Å². The number of carbonyl (C=O) groups is 1. The van der Waals surface area contributed by atoms with Crippen LogP contribution in [0.5, 0.6) is 0 Å². The highest BCUT2D eigenvalue weighted by Gasteiger charge is 2.28. The van der Waals surface area contributed by atoms with Crippen LogP contribution in [0.25, 0.3) is 0 Å². The summed E-state index contributed by atoms with van der Waals surface area (Å²) < 4.78 is 0. The minimum Gasteiger partial charge on any atom is -0.352 e. The van der Waals surface area contributed by atoms with Crippen molar-refractivity contribution in [1.82, 2.24) is 20.2 Å². The summed E-state index contributed by atoms with van der Waals surface area (Å²) in [4.78, 5) is 25.7. The minimum atomic E-state index is 0.131. The highest BCUT2D eigenvalue weighted by atomic mass is 16.2. The Balaban J connectivity index is 1.47. The molecule has 1 atom stereocenters. The Kier molecular flexibility index (Phi) is 5.43. The van der Waals surface area contributed by atoms with Gasteiger partial charge in [-0.3, -0.25) is 4.79 Å². The molecule has 6 heteroatoms. The number of hydrogen-bond donors (Lipinski definition) is 1. The first-order valence-electron chi connectivity index (χ1n) is 8.81. The predicted octanol–water partition coefficient (Wildman–Crippen LogP) is 1.29. The van der Waals surface area contributed by atoms with Gasteiger partial charge in [-0.15, -0.1) is 0 Å². The third-order valence-electron chi connectivity index (χ3n) is 5.00. The Morgan fingerprint density at radius 2 is 1.96 bits per heavy atom. The monoisotopic (exact) mass is 317 g/mol. The van der Waals surface area contributed by atoms with E-state index in [-0.39, 0.29) is 11.8 Å². The lowest BCUT2D eigenvalue weighted by Crippen LogP contribution is -2.50. The molecule has 0 aliphatic carbocycles. The SMILES string of the molecule is CCN1CCCC(NC(=O)C2CCN(c3ncccn3)CC2)C1. The molecule has 1 aromatic heterocycles. The van der Waals surface area contributed by atoms with Gasteiger partial charge in [-0.05, 0) is 44.8 Å². The maximum Gasteiger partial charge on any atom is 0.225 e. The van der Waals surface area contributed by atoms with Crippen molar-refractivity contribution in [3.8, 4) is 0 Å². The Hall–Kier alpha value is -1.69. The first-order valence-corrected chi connectivity index (χ1v) is 8.81. The van der Waals surface area contributed by atoms with E-state index in [1.54, 1.807) is 12.4 Å². The summed E-state index contributed by atoms with van der Waals surface area (Å²) in [5, 5.41) is 3.28. The average Bonchev–Trinajstić information content (AvgIpc) is 2.63. The second-order valence-electron chi connectivity index (χ2n) is 6.55. The number of likely N-dealkylation sites (tertiary alicyclic amines) is 1. The summed E-state index contributed by atoms with van der Waals surface area (Å²) >= 11 is 0. The van der Waals surface area contributed by atoms with Gasteiger partial charge in [0.25, 0.3) is 0 Å². The zero-order valence-electron chi connectivity index (χ0n) is 13.9. The number of likely N-dealkylation sites (N-methyl/N-ethyl adjacent to an activating group) is 1. The molecule has 23 heavy (non-hydrogen) atoms. The smallest absolute Gasteiger partial charge is 0.225 e. The first kappa shape index (κ1) is 16.2. The Morgan fingerprint density at radius 3 is 2.65 bits per heavy atom. The standard InChI is InChI=1S/C17H27N5O/c1-2-21-10-3-5-15(13-21)20-16(23)14-6-11-22(12-7-14)17-18-8-4-9-19-17/h4,8-9,14-15H,2-3,5-7,10-13H2,1H3,(H,20,23). The zero-order chi connectivity index (χ0) is 16.1. The van der Waals surface area contributed by atoms with Crippen LogP contribution in [0, 0.1) is 5.92 Å². The van der Waals surface area contributed by atoms with Gasteiger partial charge >= 0.3 is 0 Å². The molecule has 0 bridgehead atoms. The van der Waals surface area contributed by atoms with Crippen molar-refractivity contribution in [1.29, 1.82) is 0 Å². The fourth-order valence-electron chi connectivity index (χ4n) is 3.58. The van der Waals surface area contributed by atoms with Crippen molar-refractivity contribution >= 4 is 11.9 Å². The van der Waals surface area contributed by atoms with Gasteiger partial charge in [-0.1, -0.05) is 6.92 Å². The van der Waals surface area contributed by atoms with Crippen molar-refractivity contribution in [2.24, 2.45) is 5.92 Å². The summed E-state index contributed by atoms with van der Waals surface area (Å²) in [6, 6.07) is 2.15. The maximum atomic E-state index is 12.5. The third kappa shape index (κ3) is 4.19. The molecule has 0 radical (unpaired) electrons. The van der Waals surface area contributed by atoms with Gasteiger partial charge in [-0.25, -0.2) is 9.97 Å². The van der Waals surface area contributed by atoms with Crippen LogP contribution in [0.2, 0.25) is 0 Å². The number of nitrogens with zero attached hydrogens (tertiary/aromatic N) is 4. The molecule has 1 amide bonds. The molecule has 2 aliphatic rings. The molecule has 2 fully saturated rings. The number of aromatic nitrogens is 2. The van der Waals surface area contributed by atoms with E-state index in [4.69, 9.17) is 0 Å². The highest BCUT2D eigenvalue weighted by molar-refractivity contribution is 5.79. The van der Waals surface area contributed by atoms with E-state index in [9.17, 15) is 4.79 Å². The van der Waals surface area contributed by atoms with Crippen LogP contribution in [0.3, 0.4) is 0 Å². The minimum absolute atomic E-state index is 0.131. The van der Waals surface area contributed by atoms with Gasteiger partial charge in [0.05, 0.1) is 0 Å². The van der Waals surface area contributed by atoms with Gasteiger partial charge in [0.2, 0.25) is 11.9 Å². The topological polar surface area (TPSA) is 61.4 Å². The number of anilines is 1. The van der Waals surface area contributed by atoms with E-state index < -0.39 is 0 Å². The van der Waals surface area contributed by atoms with E-state index in [2.05, 4.69) is 32.0 Å². The molecule has 1 aromatic rings. The van der Waals surface area contributed by atoms with Crippen molar-refractivity contribution in [3.05, 3.63) is 18.5 Å². The Labute approximate surface area is 138 Å². The zero-order valence-corrected chi connectivity index (χ0v) is 13.9. The normalized spacial score (nSPS) is 23.7. The average molecular weight is 317 g/mol. The van der Waals surface area contributed by atoms with E-state index in [0.717, 1.165) is 51.4 Å². The van der Waals surface area contributed by atoms with Gasteiger partial charge in [0, 0.05) is 44.0 Å². The van der Waals surface area contributed by atoms with Crippen molar-refractivity contribution in [3.63, 3.8) is 0 Å². The molecule has 0 saturated carbocycles. The van der Waals surface area contributed by atoms with Gasteiger partial charge < -0.3 is 15.1 Å². The molecule has 0 aromatic carbocycles. The Morgan fingerprint density at radius 1 is 1.22 bits per heavy atom. The van der Waals surface area contributed by atoms with Crippen LogP contribution in [0.15, 0.2) is 18.5 Å². The second-order valence-corrected chi connectivity index (χ2v) is 6.55. The molecular weight excluding hydrogens is 290 g/mol. The summed E-state index contributed by atoms with van der Waals surface area (Å²) in [6.07, 6.45) is 7.59.